The highest BCUT2D eigenvalue weighted by molar-refractivity contribution is 5.45. The van der Waals surface area contributed by atoms with Gasteiger partial charge in [-0.05, 0) is 25.3 Å². The summed E-state index contributed by atoms with van der Waals surface area (Å²) in [4.78, 5) is 6.40. The van der Waals surface area contributed by atoms with Crippen LogP contribution in [0.1, 0.15) is 45.6 Å². The summed E-state index contributed by atoms with van der Waals surface area (Å²) in [6.45, 7) is 7.76. The fourth-order valence-corrected chi connectivity index (χ4v) is 2.66. The zero-order valence-electron chi connectivity index (χ0n) is 12.1. The van der Waals surface area contributed by atoms with Crippen molar-refractivity contribution in [2.45, 2.75) is 58.7 Å². The van der Waals surface area contributed by atoms with Crippen molar-refractivity contribution in [2.75, 3.05) is 11.4 Å². The number of pyridine rings is 1. The van der Waals surface area contributed by atoms with Gasteiger partial charge in [0.25, 0.3) is 0 Å². The van der Waals surface area contributed by atoms with Gasteiger partial charge in [-0.15, -0.1) is 0 Å². The largest absolute Gasteiger partial charge is 0.351 e. The topological polar surface area (TPSA) is 28.2 Å². The number of nitrogens with zero attached hydrogens (tertiary/aromatic N) is 2. The van der Waals surface area contributed by atoms with Crippen LogP contribution in [0.3, 0.4) is 0 Å². The summed E-state index contributed by atoms with van der Waals surface area (Å²) >= 11 is 0. The monoisotopic (exact) mass is 265 g/mol. The molecule has 1 aromatic rings. The lowest BCUT2D eigenvalue weighted by Crippen LogP contribution is -2.31. The van der Waals surface area contributed by atoms with Gasteiger partial charge in [-0.1, -0.05) is 20.8 Å². The Morgan fingerprint density at radius 1 is 1.53 bits per heavy atom. The smallest absolute Gasteiger partial charge is 0.170 e. The van der Waals surface area contributed by atoms with E-state index in [9.17, 15) is 4.39 Å². The van der Waals surface area contributed by atoms with Gasteiger partial charge < -0.3 is 10.2 Å². The SMILES string of the molecule is CCC1CCCN1c1nccc(CNC(C)C)c1F. The van der Waals surface area contributed by atoms with Crippen LogP contribution in [0.2, 0.25) is 0 Å². The van der Waals surface area contributed by atoms with Crippen LogP contribution in [0.5, 0.6) is 0 Å². The lowest BCUT2D eigenvalue weighted by molar-refractivity contribution is 0.542. The summed E-state index contributed by atoms with van der Waals surface area (Å²) < 4.78 is 14.5. The van der Waals surface area contributed by atoms with E-state index in [2.05, 4.69) is 36.0 Å². The minimum absolute atomic E-state index is 0.156. The van der Waals surface area contributed by atoms with Crippen LogP contribution in [0.4, 0.5) is 10.2 Å². The van der Waals surface area contributed by atoms with Crippen LogP contribution < -0.4 is 10.2 Å². The molecule has 4 heteroatoms. The highest BCUT2D eigenvalue weighted by Gasteiger charge is 2.27. The van der Waals surface area contributed by atoms with Crippen LogP contribution >= 0.6 is 0 Å². The molecule has 2 rings (SSSR count). The molecule has 0 saturated carbocycles. The first kappa shape index (κ1) is 14.3. The van der Waals surface area contributed by atoms with Gasteiger partial charge in [-0.2, -0.15) is 0 Å². The number of hydrogen-bond acceptors (Lipinski definition) is 3. The molecule has 19 heavy (non-hydrogen) atoms. The van der Waals surface area contributed by atoms with E-state index in [1.54, 1.807) is 12.3 Å². The predicted octanol–water partition coefficient (Wildman–Crippen LogP) is 3.10. The first-order valence-electron chi connectivity index (χ1n) is 7.26. The van der Waals surface area contributed by atoms with Crippen molar-refractivity contribution < 1.29 is 4.39 Å². The van der Waals surface area contributed by atoms with Gasteiger partial charge in [0.15, 0.2) is 11.6 Å². The predicted molar refractivity (Wildman–Crippen MR) is 76.8 cm³/mol. The second-order valence-corrected chi connectivity index (χ2v) is 5.54. The van der Waals surface area contributed by atoms with Gasteiger partial charge in [0.2, 0.25) is 0 Å². The minimum atomic E-state index is -0.156. The molecule has 1 unspecified atom stereocenters. The first-order valence-corrected chi connectivity index (χ1v) is 7.26. The van der Waals surface area contributed by atoms with Gasteiger partial charge in [-0.25, -0.2) is 9.37 Å². The summed E-state index contributed by atoms with van der Waals surface area (Å²) in [5.41, 5.74) is 0.709. The molecule has 1 saturated heterocycles. The Kier molecular flexibility index (Phi) is 4.75. The maximum absolute atomic E-state index is 14.5. The third kappa shape index (κ3) is 3.24. The second-order valence-electron chi connectivity index (χ2n) is 5.54. The molecular weight excluding hydrogens is 241 g/mol. The normalized spacial score (nSPS) is 19.4. The molecule has 0 amide bonds. The molecule has 106 valence electrons. The Labute approximate surface area is 115 Å². The second kappa shape index (κ2) is 6.33. The standard InChI is InChI=1S/C15H24FN3/c1-4-13-6-5-9-19(13)15-14(16)12(7-8-17-15)10-18-11(2)3/h7-8,11,13,18H,4-6,9-10H2,1-3H3. The fourth-order valence-electron chi connectivity index (χ4n) is 2.66. The van der Waals surface area contributed by atoms with Crippen molar-refractivity contribution in [1.29, 1.82) is 0 Å². The van der Waals surface area contributed by atoms with E-state index in [-0.39, 0.29) is 5.82 Å². The van der Waals surface area contributed by atoms with Gasteiger partial charge in [0, 0.05) is 36.9 Å². The molecule has 1 aliphatic heterocycles. The molecule has 1 aliphatic rings. The number of rotatable bonds is 5. The molecule has 0 radical (unpaired) electrons. The molecule has 1 N–H and O–H groups in total. The van der Waals surface area contributed by atoms with Crippen molar-refractivity contribution in [3.05, 3.63) is 23.6 Å². The summed E-state index contributed by atoms with van der Waals surface area (Å²) in [7, 11) is 0. The summed E-state index contributed by atoms with van der Waals surface area (Å²) in [5.74, 6) is 0.378. The molecule has 1 aromatic heterocycles. The number of halogens is 1. The van der Waals surface area contributed by atoms with E-state index in [1.807, 2.05) is 0 Å². The van der Waals surface area contributed by atoms with Crippen molar-refractivity contribution in [3.63, 3.8) is 0 Å². The van der Waals surface area contributed by atoms with E-state index in [0.717, 1.165) is 25.8 Å². The van der Waals surface area contributed by atoms with E-state index in [4.69, 9.17) is 0 Å². The lowest BCUT2D eigenvalue weighted by atomic mass is 10.1. The average Bonchev–Trinajstić information content (AvgIpc) is 2.85. The van der Waals surface area contributed by atoms with Crippen LogP contribution in [0, 0.1) is 5.82 Å². The summed E-state index contributed by atoms with van der Waals surface area (Å²) in [6, 6.07) is 2.56. The number of aromatic nitrogens is 1. The molecule has 1 atom stereocenters. The van der Waals surface area contributed by atoms with Crippen LogP contribution in [-0.4, -0.2) is 23.6 Å². The van der Waals surface area contributed by atoms with Crippen LogP contribution in [0.25, 0.3) is 0 Å². The van der Waals surface area contributed by atoms with Gasteiger partial charge >= 0.3 is 0 Å². The zero-order chi connectivity index (χ0) is 13.8. The molecular formula is C15H24FN3. The molecule has 0 aliphatic carbocycles. The van der Waals surface area contributed by atoms with E-state index < -0.39 is 0 Å². The van der Waals surface area contributed by atoms with E-state index >= 15 is 0 Å². The Morgan fingerprint density at radius 3 is 3.00 bits per heavy atom. The average molecular weight is 265 g/mol. The quantitative estimate of drug-likeness (QED) is 0.886. The van der Waals surface area contributed by atoms with Crippen LogP contribution in [0.15, 0.2) is 12.3 Å². The summed E-state index contributed by atoms with van der Waals surface area (Å²) in [5, 5.41) is 3.26. The molecule has 0 spiro atoms. The molecule has 1 fully saturated rings. The van der Waals surface area contributed by atoms with Gasteiger partial charge in [-0.3, -0.25) is 0 Å². The highest BCUT2D eigenvalue weighted by Crippen LogP contribution is 2.28. The fraction of sp³-hybridized carbons (Fsp3) is 0.667. The molecule has 0 aromatic carbocycles. The van der Waals surface area contributed by atoms with E-state index in [0.29, 0.717) is 30.0 Å². The number of nitrogens with one attached hydrogen (secondary N) is 1. The number of hydrogen-bond donors (Lipinski definition) is 1. The third-order valence-corrected chi connectivity index (χ3v) is 3.77. The summed E-state index contributed by atoms with van der Waals surface area (Å²) in [6.07, 6.45) is 5.05. The zero-order valence-corrected chi connectivity index (χ0v) is 12.1. The Morgan fingerprint density at radius 2 is 2.32 bits per heavy atom. The Balaban J connectivity index is 2.19. The first-order chi connectivity index (χ1) is 9.13. The van der Waals surface area contributed by atoms with Crippen molar-refractivity contribution in [2.24, 2.45) is 0 Å². The minimum Gasteiger partial charge on any atom is -0.351 e. The third-order valence-electron chi connectivity index (χ3n) is 3.77. The Hall–Kier alpha value is -1.16. The molecule has 0 bridgehead atoms. The molecule has 2 heterocycles. The van der Waals surface area contributed by atoms with Gasteiger partial charge in [0.05, 0.1) is 0 Å². The molecule has 3 nitrogen and oxygen atoms in total. The van der Waals surface area contributed by atoms with Gasteiger partial charge in [0.1, 0.15) is 0 Å². The van der Waals surface area contributed by atoms with Crippen LogP contribution in [-0.2, 0) is 6.54 Å². The Bertz CT molecular complexity index is 420. The van der Waals surface area contributed by atoms with Crippen molar-refractivity contribution in [3.8, 4) is 0 Å². The highest BCUT2D eigenvalue weighted by atomic mass is 19.1. The lowest BCUT2D eigenvalue weighted by Gasteiger charge is -2.25. The van der Waals surface area contributed by atoms with E-state index in [1.165, 1.54) is 0 Å². The van der Waals surface area contributed by atoms with Crippen molar-refractivity contribution in [1.82, 2.24) is 10.3 Å². The maximum atomic E-state index is 14.5. The maximum Gasteiger partial charge on any atom is 0.170 e. The number of anilines is 1. The van der Waals surface area contributed by atoms with Crippen molar-refractivity contribution >= 4 is 5.82 Å².